The zero-order valence-electron chi connectivity index (χ0n) is 10.8. The first-order valence-electron chi connectivity index (χ1n) is 5.95. The lowest BCUT2D eigenvalue weighted by atomic mass is 10.0. The molecule has 0 aliphatic rings. The molecule has 1 N–H and O–H groups in total. The normalized spacial score (nSPS) is 13.4. The molecule has 0 aliphatic carbocycles. The van der Waals surface area contributed by atoms with Crippen molar-refractivity contribution in [2.75, 3.05) is 7.05 Å². The Hall–Kier alpha value is -1.54. The van der Waals surface area contributed by atoms with E-state index in [4.69, 9.17) is 0 Å². The first kappa shape index (κ1) is 15.8. The first-order valence-corrected chi connectivity index (χ1v) is 6.77. The maximum atomic E-state index is 13.6. The van der Waals surface area contributed by atoms with Gasteiger partial charge in [0.05, 0.1) is 0 Å². The minimum absolute atomic E-state index is 0.0993. The highest BCUT2D eigenvalue weighted by atomic mass is 32.1. The van der Waals surface area contributed by atoms with Crippen LogP contribution in [-0.4, -0.2) is 12.0 Å². The number of rotatable bonds is 4. The van der Waals surface area contributed by atoms with Crippen LogP contribution in [0.1, 0.15) is 21.5 Å². The number of thiazole rings is 1. The quantitative estimate of drug-likeness (QED) is 0.863. The number of aromatic nitrogens is 1. The summed E-state index contributed by atoms with van der Waals surface area (Å²) in [6.45, 7) is 0. The molecule has 1 aromatic heterocycles. The van der Waals surface area contributed by atoms with Gasteiger partial charge in [-0.25, -0.2) is 13.8 Å². The molecule has 0 amide bonds. The number of alkyl halides is 3. The molecule has 1 unspecified atom stereocenters. The third-order valence-electron chi connectivity index (χ3n) is 2.90. The maximum absolute atomic E-state index is 13.6. The van der Waals surface area contributed by atoms with Crippen LogP contribution in [-0.2, 0) is 12.6 Å². The Morgan fingerprint density at radius 3 is 2.52 bits per heavy atom. The molecular weight excluding hydrogens is 311 g/mol. The number of halogens is 5. The molecular formula is C13H11F5N2S. The molecule has 0 saturated carbocycles. The van der Waals surface area contributed by atoms with Crippen molar-refractivity contribution >= 4 is 11.3 Å². The number of nitrogens with one attached hydrogen (secondary N) is 1. The van der Waals surface area contributed by atoms with E-state index < -0.39 is 28.9 Å². The van der Waals surface area contributed by atoms with Gasteiger partial charge in [0.15, 0.2) is 5.01 Å². The second-order valence-corrected chi connectivity index (χ2v) is 5.41. The molecule has 1 heterocycles. The van der Waals surface area contributed by atoms with E-state index in [2.05, 4.69) is 10.3 Å². The summed E-state index contributed by atoms with van der Waals surface area (Å²) in [6.07, 6.45) is -3.28. The van der Waals surface area contributed by atoms with Gasteiger partial charge in [-0.2, -0.15) is 13.2 Å². The van der Waals surface area contributed by atoms with Crippen molar-refractivity contribution in [3.8, 4) is 0 Å². The first-order chi connectivity index (χ1) is 9.81. The van der Waals surface area contributed by atoms with Gasteiger partial charge in [-0.1, -0.05) is 6.07 Å². The lowest BCUT2D eigenvalue weighted by Crippen LogP contribution is -2.18. The Morgan fingerprint density at radius 1 is 1.29 bits per heavy atom. The fraction of sp³-hybridized carbons (Fsp3) is 0.308. The lowest BCUT2D eigenvalue weighted by molar-refractivity contribution is -0.137. The molecule has 8 heteroatoms. The van der Waals surface area contributed by atoms with E-state index in [0.717, 1.165) is 18.3 Å². The summed E-state index contributed by atoms with van der Waals surface area (Å²) in [5, 5.41) is 1.87. The SMILES string of the molecule is CNC(Cc1ccc(F)cc1F)c1cnc(C(F)(F)F)s1. The summed E-state index contributed by atoms with van der Waals surface area (Å²) in [6, 6.07) is 2.61. The standard InChI is InChI=1S/C13H11F5N2S/c1-19-10(4-7-2-3-8(14)5-9(7)15)11-6-20-12(21-11)13(16,17)18/h2-3,5-6,10,19H,4H2,1H3. The van der Waals surface area contributed by atoms with Gasteiger partial charge in [0.25, 0.3) is 0 Å². The van der Waals surface area contributed by atoms with Crippen LogP contribution in [0, 0.1) is 11.6 Å². The molecule has 1 atom stereocenters. The number of hydrogen-bond acceptors (Lipinski definition) is 3. The van der Waals surface area contributed by atoms with Gasteiger partial charge in [-0.15, -0.1) is 11.3 Å². The van der Waals surface area contributed by atoms with Crippen molar-refractivity contribution < 1.29 is 22.0 Å². The highest BCUT2D eigenvalue weighted by Gasteiger charge is 2.35. The van der Waals surface area contributed by atoms with E-state index in [1.165, 1.54) is 6.07 Å². The molecule has 0 radical (unpaired) electrons. The van der Waals surface area contributed by atoms with Gasteiger partial charge in [0.1, 0.15) is 11.6 Å². The Morgan fingerprint density at radius 2 is 2.00 bits per heavy atom. The van der Waals surface area contributed by atoms with Crippen LogP contribution in [0.2, 0.25) is 0 Å². The third-order valence-corrected chi connectivity index (χ3v) is 4.05. The molecule has 0 saturated heterocycles. The van der Waals surface area contributed by atoms with Crippen LogP contribution in [0.25, 0.3) is 0 Å². The fourth-order valence-electron chi connectivity index (χ4n) is 1.83. The van der Waals surface area contributed by atoms with E-state index in [1.54, 1.807) is 7.05 Å². The molecule has 1 aromatic carbocycles. The average molecular weight is 322 g/mol. The van der Waals surface area contributed by atoms with Gasteiger partial charge < -0.3 is 5.32 Å². The molecule has 114 valence electrons. The zero-order chi connectivity index (χ0) is 15.6. The monoisotopic (exact) mass is 322 g/mol. The predicted octanol–water partition coefficient (Wildman–Crippen LogP) is 3.94. The molecule has 0 fully saturated rings. The second-order valence-electron chi connectivity index (χ2n) is 4.35. The van der Waals surface area contributed by atoms with Crippen LogP contribution >= 0.6 is 11.3 Å². The predicted molar refractivity (Wildman–Crippen MR) is 69.0 cm³/mol. The minimum Gasteiger partial charge on any atom is -0.312 e. The Bertz CT molecular complexity index is 623. The Kier molecular flexibility index (Phi) is 4.58. The summed E-state index contributed by atoms with van der Waals surface area (Å²) in [7, 11) is 1.55. The van der Waals surface area contributed by atoms with Crippen LogP contribution in [0.5, 0.6) is 0 Å². The average Bonchev–Trinajstić information content (AvgIpc) is 2.87. The fourth-order valence-corrected chi connectivity index (χ4v) is 2.72. The minimum atomic E-state index is -4.50. The van der Waals surface area contributed by atoms with E-state index in [9.17, 15) is 22.0 Å². The Balaban J connectivity index is 2.22. The van der Waals surface area contributed by atoms with Gasteiger partial charge in [0.2, 0.25) is 0 Å². The number of likely N-dealkylation sites (N-methyl/N-ethyl adjacent to an activating group) is 1. The molecule has 2 aromatic rings. The summed E-state index contributed by atoms with van der Waals surface area (Å²) in [5.74, 6) is -1.43. The van der Waals surface area contributed by atoms with Gasteiger partial charge in [-0.3, -0.25) is 0 Å². The molecule has 2 rings (SSSR count). The second kappa shape index (κ2) is 6.07. The van der Waals surface area contributed by atoms with Gasteiger partial charge >= 0.3 is 6.18 Å². The third kappa shape index (κ3) is 3.76. The molecule has 0 aliphatic heterocycles. The van der Waals surface area contributed by atoms with Crippen LogP contribution in [0.3, 0.4) is 0 Å². The topological polar surface area (TPSA) is 24.9 Å². The number of hydrogen-bond donors (Lipinski definition) is 1. The van der Waals surface area contributed by atoms with E-state index in [-0.39, 0.29) is 12.0 Å². The molecule has 0 spiro atoms. The summed E-state index contributed by atoms with van der Waals surface area (Å²) < 4.78 is 64.0. The lowest BCUT2D eigenvalue weighted by Gasteiger charge is -2.14. The molecule has 2 nitrogen and oxygen atoms in total. The summed E-state index contributed by atoms with van der Waals surface area (Å²) in [5.41, 5.74) is 0.220. The van der Waals surface area contributed by atoms with Crippen LogP contribution in [0.15, 0.2) is 24.4 Å². The van der Waals surface area contributed by atoms with Gasteiger partial charge in [-0.05, 0) is 25.1 Å². The molecule has 21 heavy (non-hydrogen) atoms. The van der Waals surface area contributed by atoms with Gasteiger partial charge in [0, 0.05) is 23.2 Å². The van der Waals surface area contributed by atoms with E-state index in [1.807, 2.05) is 0 Å². The van der Waals surface area contributed by atoms with Crippen molar-refractivity contribution in [2.45, 2.75) is 18.6 Å². The summed E-state index contributed by atoms with van der Waals surface area (Å²) in [4.78, 5) is 3.68. The molecule has 0 bridgehead atoms. The van der Waals surface area contributed by atoms with Crippen molar-refractivity contribution in [3.63, 3.8) is 0 Å². The van der Waals surface area contributed by atoms with Crippen molar-refractivity contribution in [3.05, 3.63) is 51.5 Å². The highest BCUT2D eigenvalue weighted by molar-refractivity contribution is 7.11. The smallest absolute Gasteiger partial charge is 0.312 e. The van der Waals surface area contributed by atoms with Crippen molar-refractivity contribution in [1.82, 2.24) is 10.3 Å². The maximum Gasteiger partial charge on any atom is 0.443 e. The largest absolute Gasteiger partial charge is 0.443 e. The van der Waals surface area contributed by atoms with Crippen molar-refractivity contribution in [1.29, 1.82) is 0 Å². The Labute approximate surface area is 121 Å². The summed E-state index contributed by atoms with van der Waals surface area (Å²) >= 11 is 0.506. The number of benzene rings is 1. The zero-order valence-corrected chi connectivity index (χ0v) is 11.7. The van der Waals surface area contributed by atoms with Crippen molar-refractivity contribution in [2.24, 2.45) is 0 Å². The van der Waals surface area contributed by atoms with E-state index >= 15 is 0 Å². The number of nitrogens with zero attached hydrogens (tertiary/aromatic N) is 1. The van der Waals surface area contributed by atoms with Crippen LogP contribution < -0.4 is 5.32 Å². The van der Waals surface area contributed by atoms with E-state index in [0.29, 0.717) is 16.2 Å². The van der Waals surface area contributed by atoms with Crippen LogP contribution in [0.4, 0.5) is 22.0 Å². The highest BCUT2D eigenvalue weighted by Crippen LogP contribution is 2.35.